The van der Waals surface area contributed by atoms with Crippen molar-refractivity contribution in [3.63, 3.8) is 0 Å². The van der Waals surface area contributed by atoms with Crippen LogP contribution in [0.5, 0.6) is 11.5 Å². The van der Waals surface area contributed by atoms with Crippen molar-refractivity contribution < 1.29 is 9.84 Å². The standard InChI is InChI=1S/C14H22O.C10H15NO/c1-13(2,3)10-8-7-9-11(12(10)15)14(4,5)6;11-8-4-5-9-12-10-6-2-1-3-7-10/h7-9,15H,1-6H3;1-3,6-7H,4-5,8-9,11H2. The van der Waals surface area contributed by atoms with E-state index >= 15 is 0 Å². The summed E-state index contributed by atoms with van der Waals surface area (Å²) in [4.78, 5) is 0. The van der Waals surface area contributed by atoms with E-state index in [0.717, 1.165) is 42.9 Å². The van der Waals surface area contributed by atoms with Gasteiger partial charge in [-0.1, -0.05) is 77.9 Å². The number of hydrogen-bond donors (Lipinski definition) is 2. The topological polar surface area (TPSA) is 55.5 Å². The molecule has 0 spiro atoms. The van der Waals surface area contributed by atoms with Gasteiger partial charge in [0.15, 0.2) is 0 Å². The monoisotopic (exact) mass is 371 g/mol. The lowest BCUT2D eigenvalue weighted by atomic mass is 9.80. The zero-order valence-corrected chi connectivity index (χ0v) is 17.9. The molecule has 0 aliphatic heterocycles. The van der Waals surface area contributed by atoms with Gasteiger partial charge in [0.1, 0.15) is 11.5 Å². The van der Waals surface area contributed by atoms with Crippen LogP contribution in [0.1, 0.15) is 65.5 Å². The molecule has 0 heterocycles. The van der Waals surface area contributed by atoms with Gasteiger partial charge in [-0.3, -0.25) is 0 Å². The predicted octanol–water partition coefficient (Wildman–Crippen LogP) is 5.79. The summed E-state index contributed by atoms with van der Waals surface area (Å²) in [6.07, 6.45) is 2.07. The number of aromatic hydroxyl groups is 1. The summed E-state index contributed by atoms with van der Waals surface area (Å²) in [5, 5.41) is 10.3. The fraction of sp³-hybridized carbons (Fsp3) is 0.500. The third-order valence-corrected chi connectivity index (χ3v) is 4.26. The van der Waals surface area contributed by atoms with Gasteiger partial charge < -0.3 is 15.6 Å². The molecule has 150 valence electrons. The van der Waals surface area contributed by atoms with E-state index in [0.29, 0.717) is 5.75 Å². The molecule has 0 aliphatic carbocycles. The van der Waals surface area contributed by atoms with Gasteiger partial charge in [0, 0.05) is 0 Å². The highest BCUT2D eigenvalue weighted by molar-refractivity contribution is 5.46. The Balaban J connectivity index is 0.000000277. The molecule has 0 saturated heterocycles. The molecular formula is C24H37NO2. The number of phenolic OH excluding ortho intramolecular Hbond substituents is 1. The number of phenols is 1. The highest BCUT2D eigenvalue weighted by Gasteiger charge is 2.24. The van der Waals surface area contributed by atoms with Crippen molar-refractivity contribution in [3.05, 3.63) is 59.7 Å². The maximum atomic E-state index is 10.3. The van der Waals surface area contributed by atoms with E-state index in [9.17, 15) is 5.11 Å². The molecule has 0 atom stereocenters. The van der Waals surface area contributed by atoms with Gasteiger partial charge >= 0.3 is 0 Å². The third-order valence-electron chi connectivity index (χ3n) is 4.26. The molecule has 0 saturated carbocycles. The molecule has 0 bridgehead atoms. The van der Waals surface area contributed by atoms with Crippen LogP contribution in [0.3, 0.4) is 0 Å². The molecule has 3 heteroatoms. The highest BCUT2D eigenvalue weighted by Crippen LogP contribution is 2.38. The van der Waals surface area contributed by atoms with Crippen LogP contribution in [0.2, 0.25) is 0 Å². The number of nitrogens with two attached hydrogens (primary N) is 1. The Hall–Kier alpha value is -2.00. The zero-order chi connectivity index (χ0) is 20.5. The van der Waals surface area contributed by atoms with Gasteiger partial charge in [-0.25, -0.2) is 0 Å². The Morgan fingerprint density at radius 3 is 1.74 bits per heavy atom. The van der Waals surface area contributed by atoms with E-state index in [1.807, 2.05) is 48.5 Å². The van der Waals surface area contributed by atoms with Gasteiger partial charge in [-0.05, 0) is 53.5 Å². The first-order chi connectivity index (χ1) is 12.6. The summed E-state index contributed by atoms with van der Waals surface area (Å²) in [6.45, 7) is 14.2. The van der Waals surface area contributed by atoms with Gasteiger partial charge in [0.05, 0.1) is 6.61 Å². The van der Waals surface area contributed by atoms with Crippen molar-refractivity contribution in [2.75, 3.05) is 13.2 Å². The summed E-state index contributed by atoms with van der Waals surface area (Å²) in [6, 6.07) is 15.9. The second kappa shape index (κ2) is 10.4. The van der Waals surface area contributed by atoms with E-state index in [4.69, 9.17) is 10.5 Å². The van der Waals surface area contributed by atoms with Gasteiger partial charge in [0.25, 0.3) is 0 Å². The van der Waals surface area contributed by atoms with Crippen molar-refractivity contribution in [2.24, 2.45) is 5.73 Å². The molecule has 0 aromatic heterocycles. The van der Waals surface area contributed by atoms with Crippen molar-refractivity contribution >= 4 is 0 Å². The molecule has 0 aliphatic rings. The average Bonchev–Trinajstić information content (AvgIpc) is 2.58. The first-order valence-electron chi connectivity index (χ1n) is 9.78. The molecule has 3 N–H and O–H groups in total. The van der Waals surface area contributed by atoms with Crippen molar-refractivity contribution in [1.82, 2.24) is 0 Å². The van der Waals surface area contributed by atoms with Crippen LogP contribution in [-0.2, 0) is 10.8 Å². The van der Waals surface area contributed by atoms with Crippen LogP contribution in [0.4, 0.5) is 0 Å². The fourth-order valence-electron chi connectivity index (χ4n) is 2.71. The summed E-state index contributed by atoms with van der Waals surface area (Å²) < 4.78 is 5.45. The van der Waals surface area contributed by atoms with Gasteiger partial charge in [-0.2, -0.15) is 0 Å². The minimum Gasteiger partial charge on any atom is -0.507 e. The predicted molar refractivity (Wildman–Crippen MR) is 116 cm³/mol. The molecule has 0 radical (unpaired) electrons. The molecule has 2 aromatic rings. The lowest BCUT2D eigenvalue weighted by molar-refractivity contribution is 0.308. The summed E-state index contributed by atoms with van der Waals surface area (Å²) in [7, 11) is 0. The number of rotatable bonds is 5. The highest BCUT2D eigenvalue weighted by atomic mass is 16.5. The quantitative estimate of drug-likeness (QED) is 0.654. The van der Waals surface area contributed by atoms with E-state index in [2.05, 4.69) is 41.5 Å². The van der Waals surface area contributed by atoms with E-state index < -0.39 is 0 Å². The smallest absolute Gasteiger partial charge is 0.123 e. The molecule has 3 nitrogen and oxygen atoms in total. The number of ether oxygens (including phenoxy) is 1. The third kappa shape index (κ3) is 8.04. The maximum Gasteiger partial charge on any atom is 0.123 e. The molecule has 0 unspecified atom stereocenters. The number of unbranched alkanes of at least 4 members (excludes halogenated alkanes) is 1. The minimum atomic E-state index is -0.00859. The van der Waals surface area contributed by atoms with Crippen LogP contribution >= 0.6 is 0 Å². The van der Waals surface area contributed by atoms with Crippen molar-refractivity contribution in [1.29, 1.82) is 0 Å². The average molecular weight is 372 g/mol. The van der Waals surface area contributed by atoms with E-state index in [-0.39, 0.29) is 10.8 Å². The lowest BCUT2D eigenvalue weighted by Gasteiger charge is -2.26. The molecule has 2 aromatic carbocycles. The van der Waals surface area contributed by atoms with Crippen LogP contribution < -0.4 is 10.5 Å². The molecule has 2 rings (SSSR count). The summed E-state index contributed by atoms with van der Waals surface area (Å²) in [5.41, 5.74) is 7.38. The first-order valence-corrected chi connectivity index (χ1v) is 9.78. The van der Waals surface area contributed by atoms with Crippen LogP contribution in [0.25, 0.3) is 0 Å². The Morgan fingerprint density at radius 1 is 0.778 bits per heavy atom. The van der Waals surface area contributed by atoms with E-state index in [1.54, 1.807) is 0 Å². The molecule has 0 fully saturated rings. The Labute approximate surface area is 165 Å². The Morgan fingerprint density at radius 2 is 1.30 bits per heavy atom. The second-order valence-corrected chi connectivity index (χ2v) is 8.86. The number of benzene rings is 2. The van der Waals surface area contributed by atoms with Gasteiger partial charge in [0.2, 0.25) is 0 Å². The number of hydrogen-bond acceptors (Lipinski definition) is 3. The normalized spacial score (nSPS) is 11.5. The fourth-order valence-corrected chi connectivity index (χ4v) is 2.71. The van der Waals surface area contributed by atoms with Gasteiger partial charge in [-0.15, -0.1) is 0 Å². The van der Waals surface area contributed by atoms with Crippen LogP contribution in [-0.4, -0.2) is 18.3 Å². The van der Waals surface area contributed by atoms with Crippen LogP contribution in [0.15, 0.2) is 48.5 Å². The van der Waals surface area contributed by atoms with Crippen molar-refractivity contribution in [2.45, 2.75) is 65.2 Å². The first kappa shape index (κ1) is 23.0. The van der Waals surface area contributed by atoms with Crippen LogP contribution in [0, 0.1) is 0 Å². The SMILES string of the molecule is CC(C)(C)c1cccc(C(C)(C)C)c1O.NCCCCOc1ccccc1. The summed E-state index contributed by atoms with van der Waals surface area (Å²) >= 11 is 0. The zero-order valence-electron chi connectivity index (χ0n) is 17.9. The van der Waals surface area contributed by atoms with E-state index in [1.165, 1.54) is 0 Å². The van der Waals surface area contributed by atoms with Crippen molar-refractivity contribution in [3.8, 4) is 11.5 Å². The Bertz CT molecular complexity index is 635. The summed E-state index contributed by atoms with van der Waals surface area (Å²) in [5.74, 6) is 1.40. The molecule has 27 heavy (non-hydrogen) atoms. The second-order valence-electron chi connectivity index (χ2n) is 8.86. The molecular weight excluding hydrogens is 334 g/mol. The minimum absolute atomic E-state index is 0.00859. The molecule has 0 amide bonds. The largest absolute Gasteiger partial charge is 0.507 e. The lowest BCUT2D eigenvalue weighted by Crippen LogP contribution is -2.16. The Kier molecular flexibility index (Phi) is 8.84. The maximum absolute atomic E-state index is 10.3. The number of para-hydroxylation sites is 2.